The van der Waals surface area contributed by atoms with Gasteiger partial charge in [-0.2, -0.15) is 0 Å². The van der Waals surface area contributed by atoms with E-state index in [9.17, 15) is 0 Å². The van der Waals surface area contributed by atoms with Crippen molar-refractivity contribution in [1.82, 2.24) is 15.0 Å². The maximum atomic E-state index is 5.13. The van der Waals surface area contributed by atoms with E-state index < -0.39 is 0 Å². The third-order valence-corrected chi connectivity index (χ3v) is 6.02. The van der Waals surface area contributed by atoms with Crippen molar-refractivity contribution in [2.45, 2.75) is 39.0 Å². The molecule has 144 valence electrons. The van der Waals surface area contributed by atoms with E-state index in [-0.39, 0.29) is 0 Å². The van der Waals surface area contributed by atoms with Crippen LogP contribution in [-0.4, -0.2) is 20.7 Å². The molecule has 3 aromatic heterocycles. The zero-order valence-electron chi connectivity index (χ0n) is 16.7. The van der Waals surface area contributed by atoms with E-state index in [0.29, 0.717) is 5.92 Å². The number of aryl methyl sites for hydroxylation is 1. The zero-order valence-corrected chi connectivity index (χ0v) is 16.7. The van der Waals surface area contributed by atoms with Crippen LogP contribution in [0.1, 0.15) is 49.6 Å². The van der Waals surface area contributed by atoms with Crippen LogP contribution >= 0.6 is 0 Å². The predicted molar refractivity (Wildman–Crippen MR) is 118 cm³/mol. The second kappa shape index (κ2) is 7.70. The molecule has 0 saturated carbocycles. The van der Waals surface area contributed by atoms with Gasteiger partial charge >= 0.3 is 0 Å². The van der Waals surface area contributed by atoms with Crippen LogP contribution in [0.15, 0.2) is 71.1 Å². The number of aliphatic imine (C=N–C) groups is 1. The van der Waals surface area contributed by atoms with Gasteiger partial charge in [-0.05, 0) is 93.0 Å². The van der Waals surface area contributed by atoms with Crippen molar-refractivity contribution < 1.29 is 0 Å². The van der Waals surface area contributed by atoms with E-state index >= 15 is 0 Å². The van der Waals surface area contributed by atoms with Gasteiger partial charge in [0.25, 0.3) is 0 Å². The van der Waals surface area contributed by atoms with E-state index in [0.717, 1.165) is 48.1 Å². The zero-order chi connectivity index (χ0) is 19.6. The Balaban J connectivity index is 1.45. The first kappa shape index (κ1) is 17.9. The van der Waals surface area contributed by atoms with Gasteiger partial charge in [0.05, 0.1) is 22.4 Å². The summed E-state index contributed by atoms with van der Waals surface area (Å²) in [6.45, 7) is 2.27. The van der Waals surface area contributed by atoms with Crippen LogP contribution in [0.4, 0.5) is 0 Å². The molecule has 0 aromatic carbocycles. The average molecular weight is 380 g/mol. The molecule has 1 aliphatic carbocycles. The fourth-order valence-electron chi connectivity index (χ4n) is 4.33. The van der Waals surface area contributed by atoms with Crippen molar-refractivity contribution in [2.24, 2.45) is 10.9 Å². The smallest absolute Gasteiger partial charge is 0.0889 e. The third-order valence-electron chi connectivity index (χ3n) is 6.02. The first-order valence-electron chi connectivity index (χ1n) is 10.4. The summed E-state index contributed by atoms with van der Waals surface area (Å²) in [5, 5.41) is 0. The molecule has 4 heteroatoms. The van der Waals surface area contributed by atoms with Crippen LogP contribution in [-0.2, 0) is 6.42 Å². The molecular weight excluding hydrogens is 356 g/mol. The summed E-state index contributed by atoms with van der Waals surface area (Å²) >= 11 is 0. The molecule has 29 heavy (non-hydrogen) atoms. The largest absolute Gasteiger partial charge is 0.257 e. The molecule has 1 atom stereocenters. The number of pyridine rings is 3. The van der Waals surface area contributed by atoms with Crippen molar-refractivity contribution in [2.75, 3.05) is 0 Å². The van der Waals surface area contributed by atoms with Crippen LogP contribution in [0.2, 0.25) is 0 Å². The monoisotopic (exact) mass is 380 g/mol. The molecule has 1 unspecified atom stereocenters. The topological polar surface area (TPSA) is 51.0 Å². The van der Waals surface area contributed by atoms with E-state index in [4.69, 9.17) is 9.98 Å². The number of allylic oxidation sites excluding steroid dienone is 3. The van der Waals surface area contributed by atoms with E-state index in [1.807, 2.05) is 30.6 Å². The molecule has 0 fully saturated rings. The lowest BCUT2D eigenvalue weighted by atomic mass is 9.84. The number of nitrogens with zero attached hydrogens (tertiary/aromatic N) is 4. The van der Waals surface area contributed by atoms with Gasteiger partial charge < -0.3 is 0 Å². The maximum absolute atomic E-state index is 5.13. The molecule has 5 rings (SSSR count). The van der Waals surface area contributed by atoms with Gasteiger partial charge in [-0.3, -0.25) is 19.9 Å². The molecule has 0 spiro atoms. The molecule has 0 radical (unpaired) electrons. The van der Waals surface area contributed by atoms with Crippen LogP contribution in [0.3, 0.4) is 0 Å². The lowest BCUT2D eigenvalue weighted by molar-refractivity contribution is 0.568. The standard InChI is InChI=1S/C25H24N4/c1-17-18-6-2-3-8-22-20(7-4-14-26-22)25(16-18)29-21(17)12-10-19-11-13-23-24(28-19)9-5-15-27-23/h3-5,7-9,11,13-15,18H,2,6,10,12,16H2,1H3/b8-3-. The highest BCUT2D eigenvalue weighted by Crippen LogP contribution is 2.34. The fraction of sp³-hybridized carbons (Fsp3) is 0.280. The first-order valence-corrected chi connectivity index (χ1v) is 10.4. The molecule has 1 aliphatic heterocycles. The highest BCUT2D eigenvalue weighted by atomic mass is 14.8. The Morgan fingerprint density at radius 3 is 2.83 bits per heavy atom. The Morgan fingerprint density at radius 1 is 0.966 bits per heavy atom. The Labute approximate surface area is 171 Å². The number of rotatable bonds is 3. The highest BCUT2D eigenvalue weighted by molar-refractivity contribution is 6.04. The lowest BCUT2D eigenvalue weighted by Crippen LogP contribution is -2.18. The maximum Gasteiger partial charge on any atom is 0.0889 e. The van der Waals surface area contributed by atoms with Gasteiger partial charge in [-0.1, -0.05) is 6.08 Å². The number of hydrogen-bond donors (Lipinski definition) is 0. The Morgan fingerprint density at radius 2 is 1.86 bits per heavy atom. The van der Waals surface area contributed by atoms with E-state index in [2.05, 4.69) is 47.2 Å². The molecular formula is C25H24N4. The molecule has 3 aromatic rings. The highest BCUT2D eigenvalue weighted by Gasteiger charge is 2.25. The molecule has 4 nitrogen and oxygen atoms in total. The van der Waals surface area contributed by atoms with Gasteiger partial charge in [0.15, 0.2) is 0 Å². The predicted octanol–water partition coefficient (Wildman–Crippen LogP) is 5.55. The van der Waals surface area contributed by atoms with Gasteiger partial charge in [0.1, 0.15) is 0 Å². The van der Waals surface area contributed by atoms with Crippen LogP contribution < -0.4 is 0 Å². The summed E-state index contributed by atoms with van der Waals surface area (Å²) in [7, 11) is 0. The van der Waals surface area contributed by atoms with Gasteiger partial charge in [-0.25, -0.2) is 0 Å². The average Bonchev–Trinajstić information content (AvgIpc) is 2.84. The molecule has 4 heterocycles. The Bertz CT molecular complexity index is 1160. The minimum absolute atomic E-state index is 0.557. The van der Waals surface area contributed by atoms with Gasteiger partial charge in [0.2, 0.25) is 0 Å². The van der Waals surface area contributed by atoms with Crippen molar-refractivity contribution in [3.8, 4) is 0 Å². The SMILES string of the molecule is CC1=C(CCc2ccc3ncccc3n2)N=C2CC1CC/C=C\c1ncccc12. The summed E-state index contributed by atoms with van der Waals surface area (Å²) in [4.78, 5) is 18.9. The molecule has 0 saturated heterocycles. The Hall–Kier alpha value is -3.14. The van der Waals surface area contributed by atoms with Crippen molar-refractivity contribution in [3.63, 3.8) is 0 Å². The molecule has 2 aliphatic rings. The summed E-state index contributed by atoms with van der Waals surface area (Å²) < 4.78 is 0. The van der Waals surface area contributed by atoms with Crippen molar-refractivity contribution in [3.05, 3.63) is 83.1 Å². The molecule has 0 N–H and O–H groups in total. The lowest BCUT2D eigenvalue weighted by Gasteiger charge is -2.26. The second-order valence-corrected chi connectivity index (χ2v) is 7.85. The molecule has 2 bridgehead atoms. The second-order valence-electron chi connectivity index (χ2n) is 7.85. The van der Waals surface area contributed by atoms with Crippen LogP contribution in [0.25, 0.3) is 17.1 Å². The third kappa shape index (κ3) is 3.63. The number of fused-ring (bicyclic) bond motifs is 5. The Kier molecular flexibility index (Phi) is 4.76. The summed E-state index contributed by atoms with van der Waals surface area (Å²) in [5.41, 5.74) is 9.06. The minimum Gasteiger partial charge on any atom is -0.257 e. The van der Waals surface area contributed by atoms with E-state index in [1.54, 1.807) is 0 Å². The van der Waals surface area contributed by atoms with Crippen LogP contribution in [0.5, 0.6) is 0 Å². The summed E-state index contributed by atoms with van der Waals surface area (Å²) in [6.07, 6.45) is 13.1. The number of aromatic nitrogens is 3. The number of hydrogen-bond acceptors (Lipinski definition) is 4. The minimum atomic E-state index is 0.557. The van der Waals surface area contributed by atoms with E-state index in [1.165, 1.54) is 29.0 Å². The first-order chi connectivity index (χ1) is 14.3. The van der Waals surface area contributed by atoms with Crippen molar-refractivity contribution in [1.29, 1.82) is 0 Å². The quantitative estimate of drug-likeness (QED) is 0.599. The summed E-state index contributed by atoms with van der Waals surface area (Å²) in [5.74, 6) is 0.557. The fourth-order valence-corrected chi connectivity index (χ4v) is 4.33. The van der Waals surface area contributed by atoms with Gasteiger partial charge in [-0.15, -0.1) is 0 Å². The van der Waals surface area contributed by atoms with Crippen LogP contribution in [0, 0.1) is 5.92 Å². The molecule has 0 amide bonds. The summed E-state index contributed by atoms with van der Waals surface area (Å²) in [6, 6.07) is 12.3. The normalized spacial score (nSPS) is 19.8. The van der Waals surface area contributed by atoms with Crippen molar-refractivity contribution >= 4 is 22.8 Å². The van der Waals surface area contributed by atoms with Gasteiger partial charge in [0, 0.05) is 29.3 Å².